The van der Waals surface area contributed by atoms with Gasteiger partial charge in [-0.1, -0.05) is 0 Å². The van der Waals surface area contributed by atoms with E-state index in [0.717, 1.165) is 18.7 Å². The molecule has 1 aliphatic rings. The molecule has 1 heterocycles. The van der Waals surface area contributed by atoms with Crippen molar-refractivity contribution in [2.24, 2.45) is 0 Å². The lowest BCUT2D eigenvalue weighted by Crippen LogP contribution is -2.31. The highest BCUT2D eigenvalue weighted by Crippen LogP contribution is 2.40. The van der Waals surface area contributed by atoms with Crippen LogP contribution in [-0.4, -0.2) is 38.0 Å². The van der Waals surface area contributed by atoms with E-state index in [4.69, 9.17) is 4.74 Å². The van der Waals surface area contributed by atoms with Gasteiger partial charge in [0.05, 0.1) is 12.2 Å². The maximum atomic E-state index is 11.5. The number of carbonyl (C=O) groups is 1. The molecule has 1 atom stereocenters. The van der Waals surface area contributed by atoms with Crippen molar-refractivity contribution in [2.75, 3.05) is 6.61 Å². The molecule has 2 rings (SSSR count). The highest BCUT2D eigenvalue weighted by Gasteiger charge is 2.34. The van der Waals surface area contributed by atoms with E-state index in [9.17, 15) is 9.90 Å². The maximum Gasteiger partial charge on any atom is 0.329 e. The lowest BCUT2D eigenvalue weighted by molar-refractivity contribution is -0.145. The van der Waals surface area contributed by atoms with E-state index in [-0.39, 0.29) is 12.2 Å². The van der Waals surface area contributed by atoms with Gasteiger partial charge in [-0.2, -0.15) is 0 Å². The Morgan fingerprint density at radius 1 is 1.47 bits per heavy atom. The first kappa shape index (κ1) is 14.0. The molecule has 19 heavy (non-hydrogen) atoms. The summed E-state index contributed by atoms with van der Waals surface area (Å²) < 4.78 is 7.34. The molecule has 0 aliphatic heterocycles. The minimum Gasteiger partial charge on any atom is -0.480 e. The van der Waals surface area contributed by atoms with Gasteiger partial charge >= 0.3 is 5.97 Å². The van der Waals surface area contributed by atoms with Crippen LogP contribution in [0.3, 0.4) is 0 Å². The number of hydrogen-bond donors (Lipinski definition) is 1. The first-order chi connectivity index (χ1) is 8.79. The predicted molar refractivity (Wildman–Crippen MR) is 69.1 cm³/mol. The molecule has 106 valence electrons. The van der Waals surface area contributed by atoms with Crippen LogP contribution in [0.1, 0.15) is 57.2 Å². The standard InChI is InChI=1S/C13H21N3O3/c1-8-14-15-11(9-5-6-9)16(8)10(12(17)18)7-19-13(2,3)4/h9-10H,5-7H2,1-4H3,(H,17,18). The number of carboxylic acid groups (broad SMARTS) is 1. The summed E-state index contributed by atoms with van der Waals surface area (Å²) in [6.45, 7) is 7.63. The van der Waals surface area contributed by atoms with E-state index >= 15 is 0 Å². The topological polar surface area (TPSA) is 77.2 Å². The SMILES string of the molecule is Cc1nnc(C2CC2)n1C(COC(C)(C)C)C(=O)O. The molecule has 6 heteroatoms. The molecule has 0 bridgehead atoms. The van der Waals surface area contributed by atoms with Crippen molar-refractivity contribution >= 4 is 5.97 Å². The first-order valence-electron chi connectivity index (χ1n) is 6.58. The van der Waals surface area contributed by atoms with Crippen LogP contribution in [0.2, 0.25) is 0 Å². The lowest BCUT2D eigenvalue weighted by Gasteiger charge is -2.24. The molecule has 0 saturated heterocycles. The monoisotopic (exact) mass is 267 g/mol. The van der Waals surface area contributed by atoms with Crippen LogP contribution in [0.25, 0.3) is 0 Å². The van der Waals surface area contributed by atoms with E-state index in [1.807, 2.05) is 20.8 Å². The molecule has 0 radical (unpaired) electrons. The van der Waals surface area contributed by atoms with E-state index in [1.165, 1.54) is 0 Å². The third kappa shape index (κ3) is 3.32. The third-order valence-electron chi connectivity index (χ3n) is 3.11. The van der Waals surface area contributed by atoms with Crippen molar-refractivity contribution in [2.45, 2.75) is 58.1 Å². The molecule has 1 N–H and O–H groups in total. The zero-order chi connectivity index (χ0) is 14.2. The van der Waals surface area contributed by atoms with Crippen molar-refractivity contribution in [3.63, 3.8) is 0 Å². The largest absolute Gasteiger partial charge is 0.480 e. The summed E-state index contributed by atoms with van der Waals surface area (Å²) in [5.41, 5.74) is -0.366. The van der Waals surface area contributed by atoms with Crippen LogP contribution in [-0.2, 0) is 9.53 Å². The Kier molecular flexibility index (Phi) is 3.62. The second kappa shape index (κ2) is 4.92. The second-order valence-corrected chi connectivity index (χ2v) is 6.03. The molecule has 0 aromatic carbocycles. The fourth-order valence-electron chi connectivity index (χ4n) is 1.98. The molecular formula is C13H21N3O3. The Hall–Kier alpha value is -1.43. The van der Waals surface area contributed by atoms with E-state index in [1.54, 1.807) is 11.5 Å². The summed E-state index contributed by atoms with van der Waals surface area (Å²) >= 11 is 0. The van der Waals surface area contributed by atoms with Gasteiger partial charge in [-0.3, -0.25) is 4.57 Å². The number of aromatic nitrogens is 3. The van der Waals surface area contributed by atoms with Gasteiger partial charge in [-0.05, 0) is 40.5 Å². The number of nitrogens with zero attached hydrogens (tertiary/aromatic N) is 3. The zero-order valence-corrected chi connectivity index (χ0v) is 11.9. The third-order valence-corrected chi connectivity index (χ3v) is 3.11. The normalized spacial score (nSPS) is 17.5. The molecule has 1 unspecified atom stereocenters. The molecule has 0 amide bonds. The van der Waals surface area contributed by atoms with Gasteiger partial charge in [-0.25, -0.2) is 4.79 Å². The molecule has 1 aromatic heterocycles. The highest BCUT2D eigenvalue weighted by atomic mass is 16.5. The highest BCUT2D eigenvalue weighted by molar-refractivity contribution is 5.72. The van der Waals surface area contributed by atoms with Gasteiger partial charge in [0.1, 0.15) is 11.6 Å². The molecule has 1 aromatic rings. The molecule has 1 aliphatic carbocycles. The van der Waals surface area contributed by atoms with Gasteiger partial charge in [0.2, 0.25) is 0 Å². The smallest absolute Gasteiger partial charge is 0.329 e. The van der Waals surface area contributed by atoms with Gasteiger partial charge < -0.3 is 9.84 Å². The van der Waals surface area contributed by atoms with Gasteiger partial charge in [0.15, 0.2) is 6.04 Å². The number of aryl methyl sites for hydroxylation is 1. The summed E-state index contributed by atoms with van der Waals surface area (Å²) in [7, 11) is 0. The molecule has 1 fully saturated rings. The fourth-order valence-corrected chi connectivity index (χ4v) is 1.98. The number of hydrogen-bond acceptors (Lipinski definition) is 4. The summed E-state index contributed by atoms with van der Waals surface area (Å²) in [4.78, 5) is 11.5. The quantitative estimate of drug-likeness (QED) is 0.881. The van der Waals surface area contributed by atoms with Crippen LogP contribution < -0.4 is 0 Å². The van der Waals surface area contributed by atoms with E-state index in [0.29, 0.717) is 11.7 Å². The molecule has 0 spiro atoms. The lowest BCUT2D eigenvalue weighted by atomic mass is 10.2. The predicted octanol–water partition coefficient (Wildman–Crippen LogP) is 1.90. The zero-order valence-electron chi connectivity index (χ0n) is 11.9. The summed E-state index contributed by atoms with van der Waals surface area (Å²) in [5, 5.41) is 17.6. The first-order valence-corrected chi connectivity index (χ1v) is 6.58. The Morgan fingerprint density at radius 3 is 2.58 bits per heavy atom. The van der Waals surface area contributed by atoms with E-state index < -0.39 is 12.0 Å². The van der Waals surface area contributed by atoms with Crippen LogP contribution in [0.4, 0.5) is 0 Å². The summed E-state index contributed by atoms with van der Waals surface area (Å²) in [6.07, 6.45) is 2.12. The number of carboxylic acids is 1. The van der Waals surface area contributed by atoms with Crippen molar-refractivity contribution < 1.29 is 14.6 Å². The second-order valence-electron chi connectivity index (χ2n) is 6.03. The van der Waals surface area contributed by atoms with Crippen molar-refractivity contribution in [3.8, 4) is 0 Å². The summed E-state index contributed by atoms with van der Waals surface area (Å²) in [6, 6.07) is -0.759. The molecule has 1 saturated carbocycles. The van der Waals surface area contributed by atoms with Gasteiger partial charge in [-0.15, -0.1) is 10.2 Å². The van der Waals surface area contributed by atoms with Crippen molar-refractivity contribution in [1.82, 2.24) is 14.8 Å². The van der Waals surface area contributed by atoms with Crippen LogP contribution >= 0.6 is 0 Å². The number of aliphatic carboxylic acids is 1. The molecule has 6 nitrogen and oxygen atoms in total. The van der Waals surface area contributed by atoms with Gasteiger partial charge in [0.25, 0.3) is 0 Å². The Bertz CT molecular complexity index is 472. The van der Waals surface area contributed by atoms with Crippen LogP contribution in [0.15, 0.2) is 0 Å². The number of rotatable bonds is 5. The molecular weight excluding hydrogens is 246 g/mol. The Morgan fingerprint density at radius 2 is 2.11 bits per heavy atom. The summed E-state index contributed by atoms with van der Waals surface area (Å²) in [5.74, 6) is 0.862. The van der Waals surface area contributed by atoms with E-state index in [2.05, 4.69) is 10.2 Å². The fraction of sp³-hybridized carbons (Fsp3) is 0.769. The number of ether oxygens (including phenoxy) is 1. The van der Waals surface area contributed by atoms with Crippen LogP contribution in [0.5, 0.6) is 0 Å². The average molecular weight is 267 g/mol. The van der Waals surface area contributed by atoms with Crippen molar-refractivity contribution in [3.05, 3.63) is 11.6 Å². The van der Waals surface area contributed by atoms with Crippen LogP contribution in [0, 0.1) is 6.92 Å². The Balaban J connectivity index is 2.23. The average Bonchev–Trinajstić information content (AvgIpc) is 3.04. The maximum absolute atomic E-state index is 11.5. The van der Waals surface area contributed by atoms with Crippen molar-refractivity contribution in [1.29, 1.82) is 0 Å². The minimum atomic E-state index is -0.908. The van der Waals surface area contributed by atoms with Gasteiger partial charge in [0, 0.05) is 5.92 Å². The minimum absolute atomic E-state index is 0.122. The Labute approximate surface area is 112 Å².